The summed E-state index contributed by atoms with van der Waals surface area (Å²) in [6.07, 6.45) is 0. The second-order valence-electron chi connectivity index (χ2n) is 2.40. The fraction of sp³-hybridized carbons (Fsp3) is 0.250. The fourth-order valence-electron chi connectivity index (χ4n) is 0.947. The van der Waals surface area contributed by atoms with Gasteiger partial charge in [-0.05, 0) is 23.2 Å². The third-order valence-corrected chi connectivity index (χ3v) is 1.56. The Morgan fingerprint density at radius 2 is 2.38 bits per heavy atom. The molecule has 0 aliphatic heterocycles. The van der Waals surface area contributed by atoms with E-state index in [0.29, 0.717) is 5.75 Å². The van der Waals surface area contributed by atoms with Crippen LogP contribution in [0.15, 0.2) is 23.3 Å². The maximum Gasteiger partial charge on any atom is 0.160 e. The standard InChI is InChI=1S/C8H9N3O2/c1-13-8-3-2-6(4-7(8)12)5-10-11-9/h2-4,12H,5H2,1H3. The highest BCUT2D eigenvalue weighted by Gasteiger charge is 2.00. The molecular weight excluding hydrogens is 170 g/mol. The predicted octanol–water partition coefficient (Wildman–Crippen LogP) is 2.21. The first-order valence-electron chi connectivity index (χ1n) is 3.64. The molecule has 68 valence electrons. The molecule has 1 rings (SSSR count). The minimum absolute atomic E-state index is 0.0492. The van der Waals surface area contributed by atoms with Crippen LogP contribution in [0.4, 0.5) is 0 Å². The van der Waals surface area contributed by atoms with Gasteiger partial charge in [0.2, 0.25) is 0 Å². The Balaban J connectivity index is 2.88. The summed E-state index contributed by atoms with van der Waals surface area (Å²) in [6, 6.07) is 4.86. The first kappa shape index (κ1) is 9.22. The third-order valence-electron chi connectivity index (χ3n) is 1.56. The van der Waals surface area contributed by atoms with Crippen LogP contribution in [-0.2, 0) is 6.54 Å². The zero-order chi connectivity index (χ0) is 9.68. The van der Waals surface area contributed by atoms with Gasteiger partial charge in [0, 0.05) is 4.91 Å². The first-order chi connectivity index (χ1) is 6.27. The van der Waals surface area contributed by atoms with Crippen molar-refractivity contribution in [1.29, 1.82) is 0 Å². The lowest BCUT2D eigenvalue weighted by Crippen LogP contribution is -1.85. The third kappa shape index (κ3) is 2.28. The van der Waals surface area contributed by atoms with Gasteiger partial charge < -0.3 is 9.84 Å². The Labute approximate surface area is 75.2 Å². The molecule has 0 spiro atoms. The van der Waals surface area contributed by atoms with Crippen molar-refractivity contribution in [2.75, 3.05) is 7.11 Å². The van der Waals surface area contributed by atoms with Gasteiger partial charge in [-0.2, -0.15) is 0 Å². The van der Waals surface area contributed by atoms with Crippen molar-refractivity contribution in [3.63, 3.8) is 0 Å². The molecule has 1 aromatic rings. The molecule has 0 bridgehead atoms. The summed E-state index contributed by atoms with van der Waals surface area (Å²) in [4.78, 5) is 2.62. The normalized spacial score (nSPS) is 9.00. The highest BCUT2D eigenvalue weighted by molar-refractivity contribution is 5.41. The van der Waals surface area contributed by atoms with Gasteiger partial charge in [-0.25, -0.2) is 0 Å². The van der Waals surface area contributed by atoms with Crippen LogP contribution in [0.1, 0.15) is 5.56 Å². The summed E-state index contributed by atoms with van der Waals surface area (Å²) in [5.74, 6) is 0.456. The summed E-state index contributed by atoms with van der Waals surface area (Å²) >= 11 is 0. The summed E-state index contributed by atoms with van der Waals surface area (Å²) in [6.45, 7) is 0.230. The number of benzene rings is 1. The molecule has 5 heteroatoms. The van der Waals surface area contributed by atoms with Gasteiger partial charge in [-0.3, -0.25) is 0 Å². The van der Waals surface area contributed by atoms with Crippen molar-refractivity contribution in [3.8, 4) is 11.5 Å². The van der Waals surface area contributed by atoms with Gasteiger partial charge in [0.1, 0.15) is 0 Å². The maximum absolute atomic E-state index is 9.33. The van der Waals surface area contributed by atoms with E-state index in [9.17, 15) is 5.11 Å². The maximum atomic E-state index is 9.33. The number of hydrogen-bond donors (Lipinski definition) is 1. The lowest BCUT2D eigenvalue weighted by molar-refractivity contribution is 0.373. The van der Waals surface area contributed by atoms with E-state index in [1.165, 1.54) is 13.2 Å². The molecular formula is C8H9N3O2. The van der Waals surface area contributed by atoms with E-state index in [1.807, 2.05) is 0 Å². The molecule has 0 amide bonds. The Kier molecular flexibility index (Phi) is 3.00. The number of phenolic OH excluding ortho intramolecular Hbond substituents is 1. The number of phenols is 1. The minimum Gasteiger partial charge on any atom is -0.504 e. The minimum atomic E-state index is 0.0492. The molecule has 0 radical (unpaired) electrons. The van der Waals surface area contributed by atoms with Gasteiger partial charge in [-0.15, -0.1) is 0 Å². The Hall–Kier alpha value is -1.87. The zero-order valence-electron chi connectivity index (χ0n) is 7.14. The fourth-order valence-corrected chi connectivity index (χ4v) is 0.947. The number of azide groups is 1. The van der Waals surface area contributed by atoms with Crippen molar-refractivity contribution in [1.82, 2.24) is 0 Å². The van der Waals surface area contributed by atoms with E-state index in [4.69, 9.17) is 10.3 Å². The van der Waals surface area contributed by atoms with E-state index in [-0.39, 0.29) is 12.3 Å². The average Bonchev–Trinajstić information content (AvgIpc) is 2.15. The van der Waals surface area contributed by atoms with Crippen molar-refractivity contribution >= 4 is 0 Å². The van der Waals surface area contributed by atoms with Crippen LogP contribution in [-0.4, -0.2) is 12.2 Å². The average molecular weight is 179 g/mol. The zero-order valence-corrected chi connectivity index (χ0v) is 7.14. The molecule has 0 atom stereocenters. The highest BCUT2D eigenvalue weighted by atomic mass is 16.5. The molecule has 0 unspecified atom stereocenters. The number of ether oxygens (including phenoxy) is 1. The van der Waals surface area contributed by atoms with E-state index in [0.717, 1.165) is 5.56 Å². The number of hydrogen-bond acceptors (Lipinski definition) is 3. The Morgan fingerprint density at radius 1 is 1.62 bits per heavy atom. The van der Waals surface area contributed by atoms with Gasteiger partial charge in [0.15, 0.2) is 11.5 Å². The van der Waals surface area contributed by atoms with Gasteiger partial charge in [-0.1, -0.05) is 11.2 Å². The Bertz CT molecular complexity index is 345. The topological polar surface area (TPSA) is 78.2 Å². The summed E-state index contributed by atoms with van der Waals surface area (Å²) in [5, 5.41) is 12.7. The second-order valence-corrected chi connectivity index (χ2v) is 2.40. The first-order valence-corrected chi connectivity index (χ1v) is 3.64. The molecule has 1 aromatic carbocycles. The number of nitrogens with zero attached hydrogens (tertiary/aromatic N) is 3. The molecule has 0 aliphatic carbocycles. The largest absolute Gasteiger partial charge is 0.504 e. The molecule has 0 fully saturated rings. The van der Waals surface area contributed by atoms with Crippen LogP contribution >= 0.6 is 0 Å². The smallest absolute Gasteiger partial charge is 0.160 e. The molecule has 0 aliphatic rings. The van der Waals surface area contributed by atoms with Crippen LogP contribution in [0.3, 0.4) is 0 Å². The molecule has 0 saturated carbocycles. The second kappa shape index (κ2) is 4.23. The van der Waals surface area contributed by atoms with Crippen molar-refractivity contribution in [2.45, 2.75) is 6.54 Å². The molecule has 0 aromatic heterocycles. The highest BCUT2D eigenvalue weighted by Crippen LogP contribution is 2.26. The summed E-state index contributed by atoms with van der Waals surface area (Å²) in [5.41, 5.74) is 8.82. The van der Waals surface area contributed by atoms with Crippen molar-refractivity contribution in [3.05, 3.63) is 34.2 Å². The monoisotopic (exact) mass is 179 g/mol. The van der Waals surface area contributed by atoms with Crippen LogP contribution < -0.4 is 4.74 Å². The summed E-state index contributed by atoms with van der Waals surface area (Å²) < 4.78 is 4.85. The lowest BCUT2D eigenvalue weighted by atomic mass is 10.2. The number of aromatic hydroxyl groups is 1. The summed E-state index contributed by atoms with van der Waals surface area (Å²) in [7, 11) is 1.47. The SMILES string of the molecule is COc1ccc(CN=[N+]=[N-])cc1O. The quantitative estimate of drug-likeness (QED) is 0.438. The van der Waals surface area contributed by atoms with Gasteiger partial charge >= 0.3 is 0 Å². The lowest BCUT2D eigenvalue weighted by Gasteiger charge is -2.03. The van der Waals surface area contributed by atoms with Crippen molar-refractivity contribution < 1.29 is 9.84 Å². The van der Waals surface area contributed by atoms with E-state index >= 15 is 0 Å². The van der Waals surface area contributed by atoms with Gasteiger partial charge in [0.05, 0.1) is 13.7 Å². The number of rotatable bonds is 3. The van der Waals surface area contributed by atoms with Gasteiger partial charge in [0.25, 0.3) is 0 Å². The number of methoxy groups -OCH3 is 1. The van der Waals surface area contributed by atoms with E-state index < -0.39 is 0 Å². The molecule has 0 saturated heterocycles. The van der Waals surface area contributed by atoms with Crippen LogP contribution in [0, 0.1) is 0 Å². The van der Waals surface area contributed by atoms with E-state index in [1.54, 1.807) is 12.1 Å². The Morgan fingerprint density at radius 3 is 2.92 bits per heavy atom. The molecule has 13 heavy (non-hydrogen) atoms. The molecule has 0 heterocycles. The molecule has 5 nitrogen and oxygen atoms in total. The van der Waals surface area contributed by atoms with E-state index in [2.05, 4.69) is 10.0 Å². The van der Waals surface area contributed by atoms with Crippen LogP contribution in [0.25, 0.3) is 10.4 Å². The predicted molar refractivity (Wildman–Crippen MR) is 47.5 cm³/mol. The van der Waals surface area contributed by atoms with Crippen molar-refractivity contribution in [2.24, 2.45) is 5.11 Å². The van der Waals surface area contributed by atoms with Crippen LogP contribution in [0.2, 0.25) is 0 Å². The van der Waals surface area contributed by atoms with Crippen LogP contribution in [0.5, 0.6) is 11.5 Å². The molecule has 1 N–H and O–H groups in total.